The molecule has 0 aliphatic heterocycles. The second kappa shape index (κ2) is 7.09. The minimum absolute atomic E-state index is 0.198. The smallest absolute Gasteiger partial charge is 0.257 e. The molecule has 2 aromatic carbocycles. The first kappa shape index (κ1) is 17.1. The lowest BCUT2D eigenvalue weighted by atomic mass is 10.1. The van der Waals surface area contributed by atoms with Crippen LogP contribution >= 0.6 is 11.6 Å². The maximum Gasteiger partial charge on any atom is 0.257 e. The molecule has 0 aliphatic rings. The molecule has 134 valence electrons. The molecule has 7 heteroatoms. The molecule has 0 aliphatic carbocycles. The van der Waals surface area contributed by atoms with Crippen molar-refractivity contribution in [3.05, 3.63) is 88.7 Å². The molecule has 0 unspecified atom stereocenters. The summed E-state index contributed by atoms with van der Waals surface area (Å²) >= 11 is 6.12. The van der Waals surface area contributed by atoms with Crippen LogP contribution in [0, 0.1) is 0 Å². The number of hydrogen-bond acceptors (Lipinski definition) is 4. The van der Waals surface area contributed by atoms with Gasteiger partial charge in [-0.3, -0.25) is 9.36 Å². The van der Waals surface area contributed by atoms with Crippen LogP contribution in [0.5, 0.6) is 5.75 Å². The van der Waals surface area contributed by atoms with Gasteiger partial charge in [-0.05, 0) is 47.5 Å². The molecule has 0 amide bonds. The third kappa shape index (κ3) is 3.35. The van der Waals surface area contributed by atoms with Gasteiger partial charge in [0.05, 0.1) is 12.8 Å². The molecule has 4 aromatic rings. The Morgan fingerprint density at radius 3 is 2.48 bits per heavy atom. The number of rotatable bonds is 4. The summed E-state index contributed by atoms with van der Waals surface area (Å²) in [6, 6.07) is 18.1. The molecule has 27 heavy (non-hydrogen) atoms. The van der Waals surface area contributed by atoms with Gasteiger partial charge in [-0.1, -0.05) is 29.8 Å². The molecular weight excluding hydrogens is 364 g/mol. The van der Waals surface area contributed by atoms with E-state index in [1.807, 2.05) is 36.4 Å². The van der Waals surface area contributed by atoms with Crippen molar-refractivity contribution in [3.63, 3.8) is 0 Å². The van der Waals surface area contributed by atoms with E-state index in [1.165, 1.54) is 6.33 Å². The van der Waals surface area contributed by atoms with E-state index in [4.69, 9.17) is 16.3 Å². The molecule has 6 nitrogen and oxygen atoms in total. The average molecular weight is 379 g/mol. The van der Waals surface area contributed by atoms with Gasteiger partial charge in [-0.2, -0.15) is 5.10 Å². The monoisotopic (exact) mass is 378 g/mol. The van der Waals surface area contributed by atoms with Crippen molar-refractivity contribution in [2.75, 3.05) is 7.11 Å². The number of benzene rings is 2. The number of methoxy groups -OCH3 is 1. The SMILES string of the molecule is COc1ccc(-c2cc(-n3cncn3)n(-c3cccc(Cl)c3)c(=O)c2)cc1. The van der Waals surface area contributed by atoms with Crippen LogP contribution < -0.4 is 10.3 Å². The Morgan fingerprint density at radius 2 is 1.81 bits per heavy atom. The third-order valence-corrected chi connectivity index (χ3v) is 4.39. The second-order valence-electron chi connectivity index (χ2n) is 5.82. The Labute approximate surface area is 160 Å². The Balaban J connectivity index is 1.94. The zero-order chi connectivity index (χ0) is 18.8. The van der Waals surface area contributed by atoms with Gasteiger partial charge >= 0.3 is 0 Å². The quantitative estimate of drug-likeness (QED) is 0.542. The summed E-state index contributed by atoms with van der Waals surface area (Å²) < 4.78 is 8.30. The number of pyridine rings is 1. The van der Waals surface area contributed by atoms with E-state index >= 15 is 0 Å². The van der Waals surface area contributed by atoms with Crippen LogP contribution in [-0.2, 0) is 0 Å². The molecule has 0 radical (unpaired) electrons. The number of halogens is 1. The first-order valence-corrected chi connectivity index (χ1v) is 8.56. The zero-order valence-electron chi connectivity index (χ0n) is 14.4. The van der Waals surface area contributed by atoms with Crippen molar-refractivity contribution in [3.8, 4) is 28.4 Å². The minimum atomic E-state index is -0.198. The number of hydrogen-bond donors (Lipinski definition) is 0. The van der Waals surface area contributed by atoms with Crippen LogP contribution in [0.2, 0.25) is 5.02 Å². The summed E-state index contributed by atoms with van der Waals surface area (Å²) in [6.45, 7) is 0. The van der Waals surface area contributed by atoms with Crippen LogP contribution in [-0.4, -0.2) is 26.4 Å². The molecule has 0 N–H and O–H groups in total. The maximum atomic E-state index is 13.0. The first-order valence-electron chi connectivity index (χ1n) is 8.18. The highest BCUT2D eigenvalue weighted by Crippen LogP contribution is 2.25. The molecule has 0 atom stereocenters. The first-order chi connectivity index (χ1) is 13.2. The van der Waals surface area contributed by atoms with E-state index in [1.54, 1.807) is 47.0 Å². The Kier molecular flexibility index (Phi) is 4.48. The molecular formula is C20H15ClN4O2. The Morgan fingerprint density at radius 1 is 1.00 bits per heavy atom. The van der Waals surface area contributed by atoms with Crippen LogP contribution in [0.3, 0.4) is 0 Å². The average Bonchev–Trinajstić information content (AvgIpc) is 3.22. The molecule has 4 rings (SSSR count). The predicted molar refractivity (Wildman–Crippen MR) is 104 cm³/mol. The fourth-order valence-corrected chi connectivity index (χ4v) is 3.06. The number of nitrogens with zero attached hydrogens (tertiary/aromatic N) is 4. The summed E-state index contributed by atoms with van der Waals surface area (Å²) in [5, 5.41) is 4.74. The molecule has 2 heterocycles. The third-order valence-electron chi connectivity index (χ3n) is 4.16. The van der Waals surface area contributed by atoms with Crippen LogP contribution in [0.1, 0.15) is 0 Å². The lowest BCUT2D eigenvalue weighted by molar-refractivity contribution is 0.415. The molecule has 2 aromatic heterocycles. The highest BCUT2D eigenvalue weighted by molar-refractivity contribution is 6.30. The Hall–Kier alpha value is -3.38. The van der Waals surface area contributed by atoms with Crippen LogP contribution in [0.25, 0.3) is 22.6 Å². The van der Waals surface area contributed by atoms with E-state index in [2.05, 4.69) is 10.1 Å². The fourth-order valence-electron chi connectivity index (χ4n) is 2.88. The topological polar surface area (TPSA) is 61.9 Å². The fraction of sp³-hybridized carbons (Fsp3) is 0.0500. The van der Waals surface area contributed by atoms with Crippen LogP contribution in [0.4, 0.5) is 0 Å². The van der Waals surface area contributed by atoms with Crippen molar-refractivity contribution in [2.24, 2.45) is 0 Å². The van der Waals surface area contributed by atoms with E-state index in [0.29, 0.717) is 16.5 Å². The second-order valence-corrected chi connectivity index (χ2v) is 6.26. The van der Waals surface area contributed by atoms with Gasteiger partial charge in [-0.25, -0.2) is 9.67 Å². The van der Waals surface area contributed by atoms with E-state index in [-0.39, 0.29) is 5.56 Å². The van der Waals surface area contributed by atoms with Gasteiger partial charge in [-0.15, -0.1) is 0 Å². The van der Waals surface area contributed by atoms with Gasteiger partial charge in [0.15, 0.2) is 0 Å². The van der Waals surface area contributed by atoms with Gasteiger partial charge in [0.2, 0.25) is 0 Å². The highest BCUT2D eigenvalue weighted by Gasteiger charge is 2.13. The van der Waals surface area contributed by atoms with E-state index < -0.39 is 0 Å². The molecule has 0 spiro atoms. The molecule has 0 bridgehead atoms. The largest absolute Gasteiger partial charge is 0.497 e. The van der Waals surface area contributed by atoms with Crippen LogP contribution in [0.15, 0.2) is 78.1 Å². The van der Waals surface area contributed by atoms with Crippen molar-refractivity contribution in [1.82, 2.24) is 19.3 Å². The zero-order valence-corrected chi connectivity index (χ0v) is 15.2. The summed E-state index contributed by atoms with van der Waals surface area (Å²) in [4.78, 5) is 17.0. The van der Waals surface area contributed by atoms with Crippen molar-refractivity contribution >= 4 is 11.6 Å². The Bertz CT molecular complexity index is 1140. The van der Waals surface area contributed by atoms with Crippen molar-refractivity contribution in [1.29, 1.82) is 0 Å². The summed E-state index contributed by atoms with van der Waals surface area (Å²) in [5.41, 5.74) is 2.12. The molecule has 0 fully saturated rings. The lowest BCUT2D eigenvalue weighted by Crippen LogP contribution is -2.22. The molecule has 0 saturated heterocycles. The van der Waals surface area contributed by atoms with Gasteiger partial charge in [0.25, 0.3) is 5.56 Å². The summed E-state index contributed by atoms with van der Waals surface area (Å²) in [6.07, 6.45) is 2.97. The van der Waals surface area contributed by atoms with E-state index in [0.717, 1.165) is 16.9 Å². The predicted octanol–water partition coefficient (Wildman–Crippen LogP) is 3.75. The maximum absolute atomic E-state index is 13.0. The lowest BCUT2D eigenvalue weighted by Gasteiger charge is -2.15. The van der Waals surface area contributed by atoms with Gasteiger partial charge in [0, 0.05) is 11.1 Å². The standard InChI is InChI=1S/C20H15ClN4O2/c1-27-18-7-5-14(6-8-18)15-9-19(24-13-22-12-23-24)25(20(26)10-15)17-4-2-3-16(21)11-17/h2-13H,1H3. The molecule has 0 saturated carbocycles. The van der Waals surface area contributed by atoms with Gasteiger partial charge < -0.3 is 4.74 Å². The van der Waals surface area contributed by atoms with E-state index in [9.17, 15) is 4.79 Å². The van der Waals surface area contributed by atoms with Gasteiger partial charge in [0.1, 0.15) is 24.2 Å². The number of aromatic nitrogens is 4. The van der Waals surface area contributed by atoms with Crippen molar-refractivity contribution < 1.29 is 4.74 Å². The summed E-state index contributed by atoms with van der Waals surface area (Å²) in [7, 11) is 1.62. The van der Waals surface area contributed by atoms with Crippen molar-refractivity contribution in [2.45, 2.75) is 0 Å². The number of ether oxygens (including phenoxy) is 1. The minimum Gasteiger partial charge on any atom is -0.497 e. The normalized spacial score (nSPS) is 10.7. The summed E-state index contributed by atoms with van der Waals surface area (Å²) in [5.74, 6) is 1.32. The highest BCUT2D eigenvalue weighted by atomic mass is 35.5.